The molecule has 27 heavy (non-hydrogen) atoms. The molecule has 0 aromatic heterocycles. The van der Waals surface area contributed by atoms with Crippen molar-refractivity contribution in [1.82, 2.24) is 9.80 Å². The first-order chi connectivity index (χ1) is 12.7. The first kappa shape index (κ1) is 18.6. The number of allylic oxidation sites excluding steroid dienone is 1. The highest BCUT2D eigenvalue weighted by Crippen LogP contribution is 2.72. The van der Waals surface area contributed by atoms with Crippen molar-refractivity contribution in [3.05, 3.63) is 11.6 Å². The Labute approximate surface area is 166 Å². The highest BCUT2D eigenvalue weighted by molar-refractivity contribution is 5.30. The summed E-state index contributed by atoms with van der Waals surface area (Å²) in [6.45, 7) is 7.51. The second-order valence-corrected chi connectivity index (χ2v) is 11.7. The molecule has 8 atom stereocenters. The first-order valence-corrected chi connectivity index (χ1v) is 11.4. The Morgan fingerprint density at radius 2 is 1.93 bits per heavy atom. The second-order valence-electron chi connectivity index (χ2n) is 11.7. The number of rotatable bonds is 1. The van der Waals surface area contributed by atoms with Gasteiger partial charge >= 0.3 is 0 Å². The number of aliphatic hydroxyl groups excluding tert-OH is 1. The average molecular weight is 373 g/mol. The summed E-state index contributed by atoms with van der Waals surface area (Å²) in [5, 5.41) is 11.6. The summed E-state index contributed by atoms with van der Waals surface area (Å²) in [7, 11) is 6.75. The highest BCUT2D eigenvalue weighted by Gasteiger charge is 2.69. The third kappa shape index (κ3) is 2.25. The molecule has 0 aromatic carbocycles. The van der Waals surface area contributed by atoms with Gasteiger partial charge in [-0.25, -0.2) is 0 Å². The molecule has 152 valence electrons. The maximum absolute atomic E-state index is 11.6. The van der Waals surface area contributed by atoms with Crippen molar-refractivity contribution >= 4 is 0 Å². The van der Waals surface area contributed by atoms with Gasteiger partial charge in [-0.15, -0.1) is 0 Å². The Kier molecular flexibility index (Phi) is 4.02. The van der Waals surface area contributed by atoms with Gasteiger partial charge in [0.05, 0.1) is 6.10 Å². The van der Waals surface area contributed by atoms with Crippen molar-refractivity contribution in [2.24, 2.45) is 34.0 Å². The van der Waals surface area contributed by atoms with E-state index in [1.165, 1.54) is 45.1 Å². The van der Waals surface area contributed by atoms with E-state index in [2.05, 4.69) is 50.9 Å². The first-order valence-electron chi connectivity index (χ1n) is 11.4. The zero-order chi connectivity index (χ0) is 19.2. The lowest BCUT2D eigenvalue weighted by Gasteiger charge is -2.64. The van der Waals surface area contributed by atoms with Crippen molar-refractivity contribution in [2.45, 2.75) is 70.9 Å². The summed E-state index contributed by atoms with van der Waals surface area (Å²) in [6.07, 6.45) is 11.4. The van der Waals surface area contributed by atoms with Crippen LogP contribution in [0, 0.1) is 34.0 Å². The molecular formula is C24H40N2O. The van der Waals surface area contributed by atoms with Crippen molar-refractivity contribution < 1.29 is 5.11 Å². The van der Waals surface area contributed by atoms with Crippen molar-refractivity contribution in [3.63, 3.8) is 0 Å². The molecule has 5 aliphatic rings. The molecule has 1 aliphatic heterocycles. The lowest BCUT2D eigenvalue weighted by Crippen LogP contribution is -2.62. The molecule has 3 heteroatoms. The van der Waals surface area contributed by atoms with Gasteiger partial charge in [0.25, 0.3) is 0 Å². The van der Waals surface area contributed by atoms with Gasteiger partial charge in [-0.3, -0.25) is 0 Å². The Morgan fingerprint density at radius 3 is 2.67 bits per heavy atom. The quantitative estimate of drug-likeness (QED) is 0.710. The normalized spacial score (nSPS) is 54.9. The summed E-state index contributed by atoms with van der Waals surface area (Å²) < 4.78 is 0. The number of aliphatic hydroxyl groups is 1. The van der Waals surface area contributed by atoms with E-state index in [4.69, 9.17) is 0 Å². The van der Waals surface area contributed by atoms with Crippen LogP contribution in [0.15, 0.2) is 11.6 Å². The monoisotopic (exact) mass is 372 g/mol. The van der Waals surface area contributed by atoms with Crippen LogP contribution < -0.4 is 0 Å². The van der Waals surface area contributed by atoms with Crippen LogP contribution in [-0.4, -0.2) is 61.3 Å². The molecule has 0 radical (unpaired) electrons. The van der Waals surface area contributed by atoms with Gasteiger partial charge in [-0.2, -0.15) is 0 Å². The van der Waals surface area contributed by atoms with Crippen LogP contribution in [0.5, 0.6) is 0 Å². The molecule has 1 N–H and O–H groups in total. The number of fused-ring (bicyclic) bond motifs is 4. The molecule has 3 saturated carbocycles. The Bertz CT molecular complexity index is 659. The Morgan fingerprint density at radius 1 is 1.15 bits per heavy atom. The molecule has 4 fully saturated rings. The van der Waals surface area contributed by atoms with E-state index in [9.17, 15) is 5.11 Å². The van der Waals surface area contributed by atoms with E-state index in [0.29, 0.717) is 28.7 Å². The zero-order valence-corrected chi connectivity index (χ0v) is 18.2. The van der Waals surface area contributed by atoms with Gasteiger partial charge in [0.2, 0.25) is 0 Å². The van der Waals surface area contributed by atoms with E-state index >= 15 is 0 Å². The molecule has 1 spiro atoms. The van der Waals surface area contributed by atoms with Gasteiger partial charge in [0, 0.05) is 24.5 Å². The second kappa shape index (κ2) is 5.83. The predicted molar refractivity (Wildman–Crippen MR) is 110 cm³/mol. The van der Waals surface area contributed by atoms with Crippen LogP contribution in [0.25, 0.3) is 0 Å². The van der Waals surface area contributed by atoms with E-state index in [0.717, 1.165) is 18.9 Å². The SMILES string of the molecule is CN1CC2CCC3C4(C)CC=C5CC(N(C)C)CCC5(C)C4CC(O)C23C1. The minimum atomic E-state index is -0.0965. The summed E-state index contributed by atoms with van der Waals surface area (Å²) in [4.78, 5) is 4.94. The smallest absolute Gasteiger partial charge is 0.0617 e. The molecular weight excluding hydrogens is 332 g/mol. The Hall–Kier alpha value is -0.380. The Balaban J connectivity index is 1.54. The third-order valence-corrected chi connectivity index (χ3v) is 10.4. The van der Waals surface area contributed by atoms with Crippen LogP contribution in [0.4, 0.5) is 0 Å². The number of hydrogen-bond donors (Lipinski definition) is 1. The molecule has 0 aromatic rings. The maximum atomic E-state index is 11.6. The standard InChI is InChI=1S/C24H40N2O/c1-22-11-9-18(25(3)4)12-16(22)8-10-23(2)19-7-6-17-14-26(5)15-24(17,19)21(27)13-20(22)23/h8,17-21,27H,6-7,9-15H2,1-5H3. The molecule has 1 saturated heterocycles. The van der Waals surface area contributed by atoms with Gasteiger partial charge in [-0.1, -0.05) is 25.5 Å². The maximum Gasteiger partial charge on any atom is 0.0617 e. The van der Waals surface area contributed by atoms with Crippen LogP contribution in [0.3, 0.4) is 0 Å². The highest BCUT2D eigenvalue weighted by atomic mass is 16.3. The summed E-state index contributed by atoms with van der Waals surface area (Å²) >= 11 is 0. The molecule has 1 heterocycles. The molecule has 0 bridgehead atoms. The lowest BCUT2D eigenvalue weighted by atomic mass is 9.41. The third-order valence-electron chi connectivity index (χ3n) is 10.4. The summed E-state index contributed by atoms with van der Waals surface area (Å²) in [6, 6.07) is 0.702. The molecule has 8 unspecified atom stereocenters. The van der Waals surface area contributed by atoms with E-state index < -0.39 is 0 Å². The van der Waals surface area contributed by atoms with Crippen molar-refractivity contribution in [3.8, 4) is 0 Å². The van der Waals surface area contributed by atoms with Crippen LogP contribution in [0.2, 0.25) is 0 Å². The van der Waals surface area contributed by atoms with Gasteiger partial charge in [0.1, 0.15) is 0 Å². The van der Waals surface area contributed by atoms with Gasteiger partial charge in [0.15, 0.2) is 0 Å². The average Bonchev–Trinajstić information content (AvgIpc) is 3.12. The number of hydrogen-bond acceptors (Lipinski definition) is 3. The molecule has 4 aliphatic carbocycles. The zero-order valence-electron chi connectivity index (χ0n) is 18.2. The van der Waals surface area contributed by atoms with Crippen LogP contribution in [0.1, 0.15) is 58.8 Å². The fourth-order valence-corrected chi connectivity index (χ4v) is 9.09. The summed E-state index contributed by atoms with van der Waals surface area (Å²) in [5.41, 5.74) is 2.59. The summed E-state index contributed by atoms with van der Waals surface area (Å²) in [5.74, 6) is 2.08. The van der Waals surface area contributed by atoms with E-state index in [-0.39, 0.29) is 11.5 Å². The minimum absolute atomic E-state index is 0.0965. The minimum Gasteiger partial charge on any atom is -0.392 e. The van der Waals surface area contributed by atoms with E-state index in [1.54, 1.807) is 5.57 Å². The molecule has 0 amide bonds. The number of nitrogens with zero attached hydrogens (tertiary/aromatic N) is 2. The lowest BCUT2D eigenvalue weighted by molar-refractivity contribution is -0.166. The van der Waals surface area contributed by atoms with Crippen molar-refractivity contribution in [2.75, 3.05) is 34.2 Å². The number of likely N-dealkylation sites (tertiary alicyclic amines) is 1. The van der Waals surface area contributed by atoms with Crippen molar-refractivity contribution in [1.29, 1.82) is 0 Å². The van der Waals surface area contributed by atoms with Crippen LogP contribution in [-0.2, 0) is 0 Å². The fourth-order valence-electron chi connectivity index (χ4n) is 9.09. The molecule has 3 nitrogen and oxygen atoms in total. The fraction of sp³-hybridized carbons (Fsp3) is 0.917. The predicted octanol–water partition coefficient (Wildman–Crippen LogP) is 3.78. The topological polar surface area (TPSA) is 26.7 Å². The van der Waals surface area contributed by atoms with Gasteiger partial charge < -0.3 is 14.9 Å². The largest absolute Gasteiger partial charge is 0.392 e. The van der Waals surface area contributed by atoms with Crippen LogP contribution >= 0.6 is 0 Å². The van der Waals surface area contributed by atoms with Gasteiger partial charge in [-0.05, 0) is 94.7 Å². The molecule has 5 rings (SSSR count). The van der Waals surface area contributed by atoms with E-state index in [1.807, 2.05) is 0 Å².